The van der Waals surface area contributed by atoms with Crippen molar-refractivity contribution >= 4 is 11.7 Å². The van der Waals surface area contributed by atoms with Gasteiger partial charge in [0, 0.05) is 34.1 Å². The molecule has 7 heteroatoms. The molecular weight excluding hydrogens is 311 g/mol. The Labute approximate surface area is 140 Å². The van der Waals surface area contributed by atoms with Crippen molar-refractivity contribution in [1.82, 2.24) is 14.9 Å². The fourth-order valence-corrected chi connectivity index (χ4v) is 1.90. The Bertz CT molecular complexity index is 679. The average molecular weight is 332 g/mol. The highest BCUT2D eigenvalue weighted by Gasteiger charge is 2.08. The quantitative estimate of drug-likeness (QED) is 0.777. The van der Waals surface area contributed by atoms with E-state index in [-0.39, 0.29) is 18.3 Å². The van der Waals surface area contributed by atoms with Crippen LogP contribution >= 0.6 is 0 Å². The largest absolute Gasteiger partial charge is 0.472 e. The summed E-state index contributed by atoms with van der Waals surface area (Å²) in [5, 5.41) is 0. The second-order valence-electron chi connectivity index (χ2n) is 5.49. The summed E-state index contributed by atoms with van der Waals surface area (Å²) < 4.78 is 18.5. The number of carbonyl (C=O) groups excluding carboxylic acids is 1. The molecule has 0 spiro atoms. The second kappa shape index (κ2) is 8.24. The van der Waals surface area contributed by atoms with Crippen molar-refractivity contribution in [1.29, 1.82) is 0 Å². The summed E-state index contributed by atoms with van der Waals surface area (Å²) in [5.41, 5.74) is 0.847. The first-order chi connectivity index (χ1) is 11.5. The zero-order chi connectivity index (χ0) is 17.5. The van der Waals surface area contributed by atoms with E-state index in [1.54, 1.807) is 30.3 Å². The van der Waals surface area contributed by atoms with Gasteiger partial charge in [-0.05, 0) is 17.7 Å². The molecule has 0 atom stereocenters. The Hall–Kier alpha value is -2.70. The van der Waals surface area contributed by atoms with E-state index in [4.69, 9.17) is 4.74 Å². The number of ether oxygens (including phenoxy) is 1. The van der Waals surface area contributed by atoms with Crippen LogP contribution in [0.5, 0.6) is 5.88 Å². The summed E-state index contributed by atoms with van der Waals surface area (Å²) in [5.74, 6) is 0.788. The molecule has 0 saturated heterocycles. The molecule has 0 fully saturated rings. The van der Waals surface area contributed by atoms with Crippen LogP contribution in [0.2, 0.25) is 0 Å². The number of hydrogen-bond acceptors (Lipinski definition) is 5. The highest BCUT2D eigenvalue weighted by atomic mass is 19.1. The molecule has 0 radical (unpaired) electrons. The van der Waals surface area contributed by atoms with Gasteiger partial charge < -0.3 is 14.5 Å². The Morgan fingerprint density at radius 1 is 1.17 bits per heavy atom. The monoisotopic (exact) mass is 332 g/mol. The highest BCUT2D eigenvalue weighted by molar-refractivity contribution is 5.72. The standard InChI is InChI=1S/C17H21FN4O2/c1-13(23)21(2)8-9-22(3)16-10-19-11-17(20-16)24-12-14-4-6-15(18)7-5-14/h4-7,10-11H,8-9,12H2,1-3H3. The number of amides is 1. The molecule has 0 unspecified atom stereocenters. The lowest BCUT2D eigenvalue weighted by Crippen LogP contribution is -2.33. The van der Waals surface area contributed by atoms with Crippen LogP contribution in [-0.4, -0.2) is 48.0 Å². The van der Waals surface area contributed by atoms with Gasteiger partial charge in [-0.2, -0.15) is 4.98 Å². The lowest BCUT2D eigenvalue weighted by atomic mass is 10.2. The summed E-state index contributed by atoms with van der Waals surface area (Å²) >= 11 is 0. The summed E-state index contributed by atoms with van der Waals surface area (Å²) in [6.45, 7) is 3.04. The van der Waals surface area contributed by atoms with E-state index in [0.717, 1.165) is 5.56 Å². The first-order valence-electron chi connectivity index (χ1n) is 7.58. The second-order valence-corrected chi connectivity index (χ2v) is 5.49. The van der Waals surface area contributed by atoms with E-state index < -0.39 is 0 Å². The number of nitrogens with zero attached hydrogens (tertiary/aromatic N) is 4. The minimum Gasteiger partial charge on any atom is -0.472 e. The van der Waals surface area contributed by atoms with Crippen molar-refractivity contribution in [3.8, 4) is 5.88 Å². The maximum Gasteiger partial charge on any atom is 0.234 e. The Morgan fingerprint density at radius 2 is 1.88 bits per heavy atom. The van der Waals surface area contributed by atoms with Gasteiger partial charge in [-0.1, -0.05) is 12.1 Å². The third kappa shape index (κ3) is 5.19. The van der Waals surface area contributed by atoms with E-state index in [1.807, 2.05) is 11.9 Å². The van der Waals surface area contributed by atoms with Gasteiger partial charge in [0.05, 0.1) is 12.4 Å². The number of hydrogen-bond donors (Lipinski definition) is 0. The van der Waals surface area contributed by atoms with Gasteiger partial charge in [0.2, 0.25) is 11.8 Å². The van der Waals surface area contributed by atoms with Crippen LogP contribution in [0.4, 0.5) is 10.2 Å². The van der Waals surface area contributed by atoms with E-state index in [1.165, 1.54) is 25.3 Å². The summed E-state index contributed by atoms with van der Waals surface area (Å²) in [6, 6.07) is 6.10. The maximum atomic E-state index is 12.9. The lowest BCUT2D eigenvalue weighted by Gasteiger charge is -2.22. The van der Waals surface area contributed by atoms with Crippen molar-refractivity contribution in [3.05, 3.63) is 48.0 Å². The summed E-state index contributed by atoms with van der Waals surface area (Å²) in [4.78, 5) is 23.3. The average Bonchev–Trinajstić information content (AvgIpc) is 2.59. The predicted octanol–water partition coefficient (Wildman–Crippen LogP) is 2.11. The van der Waals surface area contributed by atoms with Crippen molar-refractivity contribution in [2.45, 2.75) is 13.5 Å². The van der Waals surface area contributed by atoms with Crippen LogP contribution in [-0.2, 0) is 11.4 Å². The van der Waals surface area contributed by atoms with Gasteiger partial charge in [0.1, 0.15) is 12.4 Å². The van der Waals surface area contributed by atoms with Gasteiger partial charge >= 0.3 is 0 Å². The molecule has 1 amide bonds. The Balaban J connectivity index is 1.92. The molecule has 0 N–H and O–H groups in total. The number of halogens is 1. The van der Waals surface area contributed by atoms with E-state index in [9.17, 15) is 9.18 Å². The molecule has 1 heterocycles. The van der Waals surface area contributed by atoms with E-state index >= 15 is 0 Å². The van der Waals surface area contributed by atoms with Crippen LogP contribution in [0.3, 0.4) is 0 Å². The zero-order valence-corrected chi connectivity index (χ0v) is 14.1. The van der Waals surface area contributed by atoms with E-state index in [0.29, 0.717) is 24.8 Å². The molecule has 6 nitrogen and oxygen atoms in total. The fraction of sp³-hybridized carbons (Fsp3) is 0.353. The fourth-order valence-electron chi connectivity index (χ4n) is 1.90. The first kappa shape index (κ1) is 17.7. The predicted molar refractivity (Wildman–Crippen MR) is 89.3 cm³/mol. The van der Waals surface area contributed by atoms with Crippen LogP contribution in [0.25, 0.3) is 0 Å². The molecule has 2 aromatic rings. The van der Waals surface area contributed by atoms with Crippen molar-refractivity contribution in [3.63, 3.8) is 0 Å². The van der Waals surface area contributed by atoms with Crippen LogP contribution in [0, 0.1) is 5.82 Å². The number of likely N-dealkylation sites (N-methyl/N-ethyl adjacent to an activating group) is 2. The number of carbonyl (C=O) groups is 1. The molecular formula is C17H21FN4O2. The van der Waals surface area contributed by atoms with Crippen LogP contribution in [0.1, 0.15) is 12.5 Å². The number of anilines is 1. The highest BCUT2D eigenvalue weighted by Crippen LogP contribution is 2.14. The minimum absolute atomic E-state index is 0.0193. The molecule has 2 rings (SSSR count). The van der Waals surface area contributed by atoms with Gasteiger partial charge in [0.15, 0.2) is 5.82 Å². The zero-order valence-electron chi connectivity index (χ0n) is 14.1. The lowest BCUT2D eigenvalue weighted by molar-refractivity contribution is -0.127. The van der Waals surface area contributed by atoms with Gasteiger partial charge in [-0.15, -0.1) is 0 Å². The first-order valence-corrected chi connectivity index (χ1v) is 7.58. The van der Waals surface area contributed by atoms with Crippen molar-refractivity contribution in [2.75, 3.05) is 32.1 Å². The SMILES string of the molecule is CC(=O)N(C)CCN(C)c1cncc(OCc2ccc(F)cc2)n1. The van der Waals surface area contributed by atoms with Crippen LogP contribution in [0.15, 0.2) is 36.7 Å². The van der Waals surface area contributed by atoms with Gasteiger partial charge in [0.25, 0.3) is 0 Å². The Morgan fingerprint density at radius 3 is 2.54 bits per heavy atom. The molecule has 1 aromatic heterocycles. The van der Waals surface area contributed by atoms with Crippen LogP contribution < -0.4 is 9.64 Å². The number of benzene rings is 1. The topological polar surface area (TPSA) is 58.6 Å². The molecule has 0 aliphatic heterocycles. The minimum atomic E-state index is -0.280. The molecule has 128 valence electrons. The molecule has 0 saturated carbocycles. The third-order valence-electron chi connectivity index (χ3n) is 3.60. The van der Waals surface area contributed by atoms with Gasteiger partial charge in [-0.3, -0.25) is 9.78 Å². The summed E-state index contributed by atoms with van der Waals surface area (Å²) in [7, 11) is 3.63. The van der Waals surface area contributed by atoms with Gasteiger partial charge in [-0.25, -0.2) is 4.39 Å². The molecule has 0 aliphatic rings. The molecule has 24 heavy (non-hydrogen) atoms. The number of aromatic nitrogens is 2. The summed E-state index contributed by atoms with van der Waals surface area (Å²) in [6.07, 6.45) is 3.17. The third-order valence-corrected chi connectivity index (χ3v) is 3.60. The number of rotatable bonds is 7. The Kier molecular flexibility index (Phi) is 6.06. The smallest absolute Gasteiger partial charge is 0.234 e. The molecule has 0 bridgehead atoms. The van der Waals surface area contributed by atoms with Crippen molar-refractivity contribution in [2.24, 2.45) is 0 Å². The van der Waals surface area contributed by atoms with E-state index in [2.05, 4.69) is 9.97 Å². The molecule has 1 aromatic carbocycles. The maximum absolute atomic E-state index is 12.9. The van der Waals surface area contributed by atoms with Crippen molar-refractivity contribution < 1.29 is 13.9 Å². The normalized spacial score (nSPS) is 10.3. The molecule has 0 aliphatic carbocycles.